The van der Waals surface area contributed by atoms with Crippen molar-refractivity contribution in [3.8, 4) is 11.5 Å². The SMILES string of the molecule is COc1ccc(OC)c([C@@H](C)NC(=O)CN2C(=O)N[C@]3(CCc4ccccc43)C2=O)c1. The van der Waals surface area contributed by atoms with E-state index in [-0.39, 0.29) is 12.5 Å². The van der Waals surface area contributed by atoms with E-state index in [4.69, 9.17) is 9.47 Å². The van der Waals surface area contributed by atoms with Gasteiger partial charge in [-0.05, 0) is 49.1 Å². The molecule has 0 bridgehead atoms. The molecule has 1 fully saturated rings. The lowest BCUT2D eigenvalue weighted by Gasteiger charge is -2.22. The van der Waals surface area contributed by atoms with Crippen molar-refractivity contribution in [1.82, 2.24) is 15.5 Å². The molecule has 4 amide bonds. The molecule has 2 aromatic rings. The molecule has 2 aromatic carbocycles. The molecule has 8 nitrogen and oxygen atoms in total. The highest BCUT2D eigenvalue weighted by molar-refractivity contribution is 6.09. The van der Waals surface area contributed by atoms with Crippen LogP contribution in [0.2, 0.25) is 0 Å². The second kappa shape index (κ2) is 7.94. The number of carbonyl (C=O) groups is 3. The van der Waals surface area contributed by atoms with Crippen LogP contribution < -0.4 is 20.1 Å². The van der Waals surface area contributed by atoms with E-state index in [0.717, 1.165) is 21.6 Å². The number of urea groups is 1. The number of nitrogens with zero attached hydrogens (tertiary/aromatic N) is 1. The quantitative estimate of drug-likeness (QED) is 0.695. The van der Waals surface area contributed by atoms with Gasteiger partial charge in [0.2, 0.25) is 5.91 Å². The number of nitrogens with one attached hydrogen (secondary N) is 2. The molecule has 1 saturated heterocycles. The maximum atomic E-state index is 13.2. The molecule has 0 saturated carbocycles. The van der Waals surface area contributed by atoms with Crippen LogP contribution in [0.5, 0.6) is 11.5 Å². The average molecular weight is 423 g/mol. The summed E-state index contributed by atoms with van der Waals surface area (Å²) in [6, 6.07) is 11.9. The van der Waals surface area contributed by atoms with Crippen LogP contribution in [0.3, 0.4) is 0 Å². The van der Waals surface area contributed by atoms with Gasteiger partial charge in [0.25, 0.3) is 5.91 Å². The Morgan fingerprint density at radius 2 is 1.97 bits per heavy atom. The Labute approximate surface area is 180 Å². The topological polar surface area (TPSA) is 97.0 Å². The van der Waals surface area contributed by atoms with Crippen molar-refractivity contribution in [2.45, 2.75) is 31.3 Å². The summed E-state index contributed by atoms with van der Waals surface area (Å²) < 4.78 is 10.6. The summed E-state index contributed by atoms with van der Waals surface area (Å²) in [5.74, 6) is 0.409. The minimum atomic E-state index is -1.07. The summed E-state index contributed by atoms with van der Waals surface area (Å²) in [6.07, 6.45) is 1.20. The number of carbonyl (C=O) groups excluding carboxylic acids is 3. The van der Waals surface area contributed by atoms with Gasteiger partial charge in [-0.15, -0.1) is 0 Å². The van der Waals surface area contributed by atoms with Crippen LogP contribution >= 0.6 is 0 Å². The van der Waals surface area contributed by atoms with Gasteiger partial charge in [0.15, 0.2) is 0 Å². The number of aryl methyl sites for hydroxylation is 1. The fourth-order valence-corrected chi connectivity index (χ4v) is 4.42. The smallest absolute Gasteiger partial charge is 0.325 e. The van der Waals surface area contributed by atoms with Gasteiger partial charge in [-0.2, -0.15) is 0 Å². The van der Waals surface area contributed by atoms with E-state index in [1.807, 2.05) is 24.3 Å². The molecular formula is C23H25N3O5. The maximum absolute atomic E-state index is 13.2. The number of benzene rings is 2. The molecule has 0 unspecified atom stereocenters. The van der Waals surface area contributed by atoms with Gasteiger partial charge in [0.05, 0.1) is 20.3 Å². The number of amides is 4. The van der Waals surface area contributed by atoms with Crippen LogP contribution in [0.1, 0.15) is 36.1 Å². The summed E-state index contributed by atoms with van der Waals surface area (Å²) in [5.41, 5.74) is 1.51. The Morgan fingerprint density at radius 1 is 1.19 bits per heavy atom. The Kier molecular flexibility index (Phi) is 5.31. The van der Waals surface area contributed by atoms with E-state index < -0.39 is 23.5 Å². The predicted octanol–water partition coefficient (Wildman–Crippen LogP) is 2.27. The molecule has 2 atom stereocenters. The highest BCUT2D eigenvalue weighted by Gasteiger charge is 2.55. The zero-order valence-corrected chi connectivity index (χ0v) is 17.7. The van der Waals surface area contributed by atoms with Crippen molar-refractivity contribution >= 4 is 17.8 Å². The average Bonchev–Trinajstić information content (AvgIpc) is 3.26. The Morgan fingerprint density at radius 3 is 2.71 bits per heavy atom. The van der Waals surface area contributed by atoms with Crippen LogP contribution in [0.4, 0.5) is 4.79 Å². The van der Waals surface area contributed by atoms with Crippen molar-refractivity contribution in [2.24, 2.45) is 0 Å². The molecule has 0 aromatic heterocycles. The number of fused-ring (bicyclic) bond motifs is 2. The first kappa shape index (κ1) is 20.7. The van der Waals surface area contributed by atoms with Gasteiger partial charge >= 0.3 is 6.03 Å². The minimum absolute atomic E-state index is 0.356. The molecule has 2 aliphatic rings. The first-order chi connectivity index (χ1) is 14.9. The van der Waals surface area contributed by atoms with Crippen LogP contribution in [0.25, 0.3) is 0 Å². The largest absolute Gasteiger partial charge is 0.497 e. The van der Waals surface area contributed by atoms with E-state index >= 15 is 0 Å². The summed E-state index contributed by atoms with van der Waals surface area (Å²) in [6.45, 7) is 1.45. The highest BCUT2D eigenvalue weighted by Crippen LogP contribution is 2.41. The molecule has 1 spiro atoms. The Hall–Kier alpha value is -3.55. The number of methoxy groups -OCH3 is 2. The lowest BCUT2D eigenvalue weighted by Crippen LogP contribution is -2.44. The third-order valence-corrected chi connectivity index (χ3v) is 6.00. The molecule has 8 heteroatoms. The summed E-state index contributed by atoms with van der Waals surface area (Å²) in [7, 11) is 3.11. The standard InChI is InChI=1S/C23H25N3O5/c1-14(17-12-16(30-2)8-9-19(17)31-3)24-20(27)13-26-21(28)23(25-22(26)29)11-10-15-6-4-5-7-18(15)23/h4-9,12,14H,10-11,13H2,1-3H3,(H,24,27)(H,25,29)/t14-,23+/m1/s1. The van der Waals surface area contributed by atoms with Crippen LogP contribution in [0.15, 0.2) is 42.5 Å². The van der Waals surface area contributed by atoms with Crippen molar-refractivity contribution in [3.05, 3.63) is 59.2 Å². The van der Waals surface area contributed by atoms with Crippen molar-refractivity contribution in [2.75, 3.05) is 20.8 Å². The summed E-state index contributed by atoms with van der Waals surface area (Å²) in [5, 5.41) is 5.67. The fourth-order valence-electron chi connectivity index (χ4n) is 4.42. The van der Waals surface area contributed by atoms with Crippen LogP contribution in [0, 0.1) is 0 Å². The lowest BCUT2D eigenvalue weighted by molar-refractivity contribution is -0.135. The van der Waals surface area contributed by atoms with Gasteiger partial charge in [-0.1, -0.05) is 24.3 Å². The zero-order valence-electron chi connectivity index (χ0n) is 17.7. The summed E-state index contributed by atoms with van der Waals surface area (Å²) in [4.78, 5) is 39.5. The summed E-state index contributed by atoms with van der Waals surface area (Å²) >= 11 is 0. The third-order valence-electron chi connectivity index (χ3n) is 6.00. The second-order valence-electron chi connectivity index (χ2n) is 7.78. The molecule has 0 radical (unpaired) electrons. The van der Waals surface area contributed by atoms with E-state index in [1.165, 1.54) is 0 Å². The number of ether oxygens (including phenoxy) is 2. The molecule has 4 rings (SSSR count). The van der Waals surface area contributed by atoms with Crippen molar-refractivity contribution in [3.63, 3.8) is 0 Å². The fraction of sp³-hybridized carbons (Fsp3) is 0.348. The van der Waals surface area contributed by atoms with E-state index in [1.54, 1.807) is 39.3 Å². The Bertz CT molecular complexity index is 1050. The van der Waals surface area contributed by atoms with Gasteiger partial charge in [0.1, 0.15) is 23.6 Å². The number of hydrogen-bond acceptors (Lipinski definition) is 5. The van der Waals surface area contributed by atoms with E-state index in [2.05, 4.69) is 10.6 Å². The number of rotatable bonds is 6. The molecule has 1 heterocycles. The van der Waals surface area contributed by atoms with Crippen LogP contribution in [-0.2, 0) is 21.5 Å². The number of hydrogen-bond donors (Lipinski definition) is 2. The molecular weight excluding hydrogens is 398 g/mol. The predicted molar refractivity (Wildman–Crippen MR) is 113 cm³/mol. The molecule has 1 aliphatic heterocycles. The monoisotopic (exact) mass is 423 g/mol. The lowest BCUT2D eigenvalue weighted by atomic mass is 9.92. The molecule has 2 N–H and O–H groups in total. The van der Waals surface area contributed by atoms with E-state index in [9.17, 15) is 14.4 Å². The van der Waals surface area contributed by atoms with Gasteiger partial charge < -0.3 is 20.1 Å². The zero-order chi connectivity index (χ0) is 22.2. The molecule has 31 heavy (non-hydrogen) atoms. The van der Waals surface area contributed by atoms with Gasteiger partial charge in [0, 0.05) is 5.56 Å². The highest BCUT2D eigenvalue weighted by atomic mass is 16.5. The molecule has 1 aliphatic carbocycles. The molecule has 162 valence electrons. The Balaban J connectivity index is 1.49. The van der Waals surface area contributed by atoms with Gasteiger partial charge in [-0.25, -0.2) is 4.79 Å². The van der Waals surface area contributed by atoms with Crippen molar-refractivity contribution < 1.29 is 23.9 Å². The van der Waals surface area contributed by atoms with Crippen molar-refractivity contribution in [1.29, 1.82) is 0 Å². The third kappa shape index (κ3) is 3.48. The maximum Gasteiger partial charge on any atom is 0.325 e. The van der Waals surface area contributed by atoms with E-state index in [0.29, 0.717) is 24.3 Å². The minimum Gasteiger partial charge on any atom is -0.497 e. The second-order valence-corrected chi connectivity index (χ2v) is 7.78. The normalized spacial score (nSPS) is 20.4. The number of imide groups is 1. The van der Waals surface area contributed by atoms with Gasteiger partial charge in [-0.3, -0.25) is 14.5 Å². The first-order valence-electron chi connectivity index (χ1n) is 10.1. The first-order valence-corrected chi connectivity index (χ1v) is 10.1. The van der Waals surface area contributed by atoms with Crippen LogP contribution in [-0.4, -0.2) is 43.5 Å².